The van der Waals surface area contributed by atoms with Crippen molar-refractivity contribution in [3.05, 3.63) is 65.7 Å². The van der Waals surface area contributed by atoms with Crippen molar-refractivity contribution in [1.82, 2.24) is 5.43 Å². The Morgan fingerprint density at radius 1 is 1.18 bits per heavy atom. The predicted molar refractivity (Wildman–Crippen MR) is 88.1 cm³/mol. The van der Waals surface area contributed by atoms with Crippen molar-refractivity contribution in [2.24, 2.45) is 5.10 Å². The number of hydrogen-bond donors (Lipinski definition) is 2. The number of phenols is 1. The van der Waals surface area contributed by atoms with E-state index < -0.39 is 0 Å². The van der Waals surface area contributed by atoms with Crippen LogP contribution in [0.15, 0.2) is 59.7 Å². The average Bonchev–Trinajstić information content (AvgIpc) is 3.03. The molecular formula is C18H18N2O2. The maximum Gasteiger partial charge on any atom is 0.119 e. The number of rotatable bonds is 4. The van der Waals surface area contributed by atoms with E-state index >= 15 is 0 Å². The summed E-state index contributed by atoms with van der Waals surface area (Å²) >= 11 is 0. The minimum Gasteiger partial charge on any atom is -0.508 e. The van der Waals surface area contributed by atoms with Crippen molar-refractivity contribution in [3.63, 3.8) is 0 Å². The van der Waals surface area contributed by atoms with E-state index in [-0.39, 0.29) is 11.8 Å². The molecule has 0 aliphatic carbocycles. The second kappa shape index (κ2) is 6.35. The normalized spacial score (nSPS) is 17.3. The molecule has 0 aromatic heterocycles. The van der Waals surface area contributed by atoms with Gasteiger partial charge in [-0.25, -0.2) is 0 Å². The van der Waals surface area contributed by atoms with Gasteiger partial charge in [0.25, 0.3) is 0 Å². The highest BCUT2D eigenvalue weighted by Crippen LogP contribution is 2.25. The molecule has 2 aromatic rings. The van der Waals surface area contributed by atoms with Crippen LogP contribution < -0.4 is 10.2 Å². The highest BCUT2D eigenvalue weighted by molar-refractivity contribution is 5.99. The van der Waals surface area contributed by atoms with Gasteiger partial charge in [0.05, 0.1) is 18.9 Å². The van der Waals surface area contributed by atoms with Gasteiger partial charge in [-0.15, -0.1) is 0 Å². The largest absolute Gasteiger partial charge is 0.508 e. The molecule has 112 valence electrons. The van der Waals surface area contributed by atoms with Gasteiger partial charge in [-0.2, -0.15) is 5.10 Å². The summed E-state index contributed by atoms with van der Waals surface area (Å²) in [6, 6.07) is 15.3. The molecule has 0 radical (unpaired) electrons. The lowest BCUT2D eigenvalue weighted by atomic mass is 10.0. The third-order valence-electron chi connectivity index (χ3n) is 3.63. The Bertz CT molecular complexity index is 705. The van der Waals surface area contributed by atoms with Crippen molar-refractivity contribution in [3.8, 4) is 11.5 Å². The molecule has 1 unspecified atom stereocenters. The summed E-state index contributed by atoms with van der Waals surface area (Å²) in [5.41, 5.74) is 6.36. The first-order chi connectivity index (χ1) is 10.7. The summed E-state index contributed by atoms with van der Waals surface area (Å²) in [4.78, 5) is 0. The molecule has 4 nitrogen and oxygen atoms in total. The Labute approximate surface area is 129 Å². The monoisotopic (exact) mass is 294 g/mol. The number of phenolic OH excluding ortho intramolecular Hbond substituents is 1. The molecule has 1 atom stereocenters. The molecule has 1 aliphatic heterocycles. The van der Waals surface area contributed by atoms with Crippen molar-refractivity contribution < 1.29 is 9.84 Å². The van der Waals surface area contributed by atoms with Crippen LogP contribution in [0.25, 0.3) is 6.08 Å². The van der Waals surface area contributed by atoms with Gasteiger partial charge < -0.3 is 15.3 Å². The summed E-state index contributed by atoms with van der Waals surface area (Å²) in [6.07, 6.45) is 4.83. The lowest BCUT2D eigenvalue weighted by Crippen LogP contribution is -2.09. The number of nitrogens with one attached hydrogen (secondary N) is 1. The molecule has 0 bridgehead atoms. The van der Waals surface area contributed by atoms with Crippen molar-refractivity contribution in [1.29, 1.82) is 0 Å². The number of methoxy groups -OCH3 is 1. The fourth-order valence-corrected chi connectivity index (χ4v) is 2.40. The van der Waals surface area contributed by atoms with Crippen LogP contribution in [-0.4, -0.2) is 17.9 Å². The summed E-state index contributed by atoms with van der Waals surface area (Å²) in [5, 5.41) is 13.6. The van der Waals surface area contributed by atoms with Crippen LogP contribution >= 0.6 is 0 Å². The molecular weight excluding hydrogens is 276 g/mol. The minimum absolute atomic E-state index is 0.176. The van der Waals surface area contributed by atoms with Gasteiger partial charge >= 0.3 is 0 Å². The zero-order valence-corrected chi connectivity index (χ0v) is 12.4. The molecule has 2 N–H and O–H groups in total. The molecule has 4 heteroatoms. The maximum absolute atomic E-state index is 9.27. The molecule has 0 saturated heterocycles. The van der Waals surface area contributed by atoms with E-state index in [0.717, 1.165) is 29.0 Å². The number of aromatic hydroxyl groups is 1. The molecule has 1 aliphatic rings. The summed E-state index contributed by atoms with van der Waals surface area (Å²) in [6.45, 7) is 0. The fraction of sp³-hybridized carbons (Fsp3) is 0.167. The van der Waals surface area contributed by atoms with Gasteiger partial charge in [-0.05, 0) is 41.5 Å². The van der Waals surface area contributed by atoms with E-state index in [1.807, 2.05) is 42.5 Å². The molecule has 0 amide bonds. The first-order valence-electron chi connectivity index (χ1n) is 7.18. The van der Waals surface area contributed by atoms with Gasteiger partial charge in [0.2, 0.25) is 0 Å². The standard InChI is InChI=1S/C18H18N2O2/c1-22-17-4-2-3-14(11-17)18-12-15(19-20-18)8-5-13-6-9-16(21)10-7-13/h2-11,18,20-21H,12H2,1H3/b8-5+. The summed E-state index contributed by atoms with van der Waals surface area (Å²) < 4.78 is 5.26. The van der Waals surface area contributed by atoms with Crippen LogP contribution in [0.2, 0.25) is 0 Å². The Morgan fingerprint density at radius 3 is 2.77 bits per heavy atom. The van der Waals surface area contributed by atoms with E-state index in [9.17, 15) is 5.11 Å². The first kappa shape index (κ1) is 14.2. The molecule has 0 fully saturated rings. The quantitative estimate of drug-likeness (QED) is 0.907. The van der Waals surface area contributed by atoms with Gasteiger partial charge in [-0.1, -0.05) is 30.3 Å². The Kier molecular flexibility index (Phi) is 4.10. The van der Waals surface area contributed by atoms with E-state index in [4.69, 9.17) is 4.74 Å². The smallest absolute Gasteiger partial charge is 0.119 e. The summed E-state index contributed by atoms with van der Waals surface area (Å²) in [7, 11) is 1.67. The van der Waals surface area contributed by atoms with Crippen LogP contribution in [-0.2, 0) is 0 Å². The highest BCUT2D eigenvalue weighted by Gasteiger charge is 2.18. The van der Waals surface area contributed by atoms with Crippen LogP contribution in [0.1, 0.15) is 23.6 Å². The van der Waals surface area contributed by atoms with Gasteiger partial charge in [-0.3, -0.25) is 0 Å². The molecule has 2 aromatic carbocycles. The Morgan fingerprint density at radius 2 is 2.00 bits per heavy atom. The zero-order valence-electron chi connectivity index (χ0n) is 12.4. The highest BCUT2D eigenvalue weighted by atomic mass is 16.5. The van der Waals surface area contributed by atoms with Gasteiger partial charge in [0, 0.05) is 6.42 Å². The van der Waals surface area contributed by atoms with Crippen LogP contribution in [0, 0.1) is 0 Å². The Hall–Kier alpha value is -2.75. The second-order valence-electron chi connectivity index (χ2n) is 5.19. The lowest BCUT2D eigenvalue weighted by Gasteiger charge is -2.11. The lowest BCUT2D eigenvalue weighted by molar-refractivity contribution is 0.413. The van der Waals surface area contributed by atoms with Crippen LogP contribution in [0.3, 0.4) is 0 Å². The van der Waals surface area contributed by atoms with Crippen molar-refractivity contribution in [2.45, 2.75) is 12.5 Å². The maximum atomic E-state index is 9.27. The van der Waals surface area contributed by atoms with E-state index in [2.05, 4.69) is 16.6 Å². The van der Waals surface area contributed by atoms with E-state index in [1.54, 1.807) is 19.2 Å². The van der Waals surface area contributed by atoms with Crippen LogP contribution in [0.4, 0.5) is 0 Å². The molecule has 0 saturated carbocycles. The van der Waals surface area contributed by atoms with E-state index in [0.29, 0.717) is 0 Å². The van der Waals surface area contributed by atoms with Crippen molar-refractivity contribution >= 4 is 11.8 Å². The second-order valence-corrected chi connectivity index (χ2v) is 5.19. The Balaban J connectivity index is 1.65. The first-order valence-corrected chi connectivity index (χ1v) is 7.18. The molecule has 1 heterocycles. The SMILES string of the molecule is COc1cccc(C2CC(/C=C/c3ccc(O)cc3)=NN2)c1. The fourth-order valence-electron chi connectivity index (χ4n) is 2.40. The third-order valence-corrected chi connectivity index (χ3v) is 3.63. The number of benzene rings is 2. The zero-order chi connectivity index (χ0) is 15.4. The summed E-state index contributed by atoms with van der Waals surface area (Å²) in [5.74, 6) is 1.13. The predicted octanol–water partition coefficient (Wildman–Crippen LogP) is 3.50. The molecule has 0 spiro atoms. The molecule has 3 rings (SSSR count). The topological polar surface area (TPSA) is 53.9 Å². The third kappa shape index (κ3) is 3.28. The molecule has 22 heavy (non-hydrogen) atoms. The van der Waals surface area contributed by atoms with Gasteiger partial charge in [0.1, 0.15) is 11.5 Å². The van der Waals surface area contributed by atoms with Crippen molar-refractivity contribution in [2.75, 3.05) is 7.11 Å². The number of ether oxygens (including phenoxy) is 1. The minimum atomic E-state index is 0.176. The number of nitrogens with zero attached hydrogens (tertiary/aromatic N) is 1. The van der Waals surface area contributed by atoms with E-state index in [1.165, 1.54) is 0 Å². The van der Waals surface area contributed by atoms with Crippen LogP contribution in [0.5, 0.6) is 11.5 Å². The number of hydrazone groups is 1. The number of allylic oxidation sites excluding steroid dienone is 1. The number of hydrogen-bond acceptors (Lipinski definition) is 4. The van der Waals surface area contributed by atoms with Gasteiger partial charge in [0.15, 0.2) is 0 Å². The average molecular weight is 294 g/mol.